The van der Waals surface area contributed by atoms with Gasteiger partial charge in [-0.15, -0.1) is 0 Å². The van der Waals surface area contributed by atoms with Crippen LogP contribution in [0.3, 0.4) is 0 Å². The lowest BCUT2D eigenvalue weighted by Crippen LogP contribution is -2.06. The lowest BCUT2D eigenvalue weighted by molar-refractivity contribution is 0.0965. The summed E-state index contributed by atoms with van der Waals surface area (Å²) in [4.78, 5) is 12.2. The summed E-state index contributed by atoms with van der Waals surface area (Å²) in [5.74, 6) is 0.188. The van der Waals surface area contributed by atoms with Gasteiger partial charge in [0.1, 0.15) is 5.82 Å². The molecule has 0 heterocycles. The van der Waals surface area contributed by atoms with Gasteiger partial charge in [-0.1, -0.05) is 44.5 Å². The van der Waals surface area contributed by atoms with Gasteiger partial charge in [-0.2, -0.15) is 0 Å². The van der Waals surface area contributed by atoms with Crippen molar-refractivity contribution in [1.29, 1.82) is 0 Å². The highest BCUT2D eigenvalue weighted by Crippen LogP contribution is 2.24. The number of halogens is 1. The van der Waals surface area contributed by atoms with E-state index in [-0.39, 0.29) is 11.6 Å². The second-order valence-electron chi connectivity index (χ2n) is 4.78. The first-order valence-electron chi connectivity index (χ1n) is 6.34. The number of Topliss-reactive ketones (excluding diaryl/α,β-unsaturated/α-hetero) is 1. The Morgan fingerprint density at radius 3 is 2.50 bits per heavy atom. The fraction of sp³-hybridized carbons (Fsp3) is 0.312. The molecule has 0 saturated heterocycles. The number of carbonyl (C=O) groups excluding carboxylic acids is 1. The number of rotatable bonds is 4. The maximum absolute atomic E-state index is 13.6. The third-order valence-electron chi connectivity index (χ3n) is 3.40. The van der Waals surface area contributed by atoms with E-state index in [1.807, 2.05) is 12.1 Å². The van der Waals surface area contributed by atoms with E-state index in [1.54, 1.807) is 18.2 Å². The second-order valence-corrected chi connectivity index (χ2v) is 4.78. The summed E-state index contributed by atoms with van der Waals surface area (Å²) >= 11 is 0. The van der Waals surface area contributed by atoms with E-state index in [0.29, 0.717) is 28.7 Å². The monoisotopic (exact) mass is 244 g/mol. The molecule has 0 radical (unpaired) electrons. The van der Waals surface area contributed by atoms with Gasteiger partial charge in [0.05, 0.1) is 0 Å². The second kappa shape index (κ2) is 5.30. The van der Waals surface area contributed by atoms with E-state index in [1.165, 1.54) is 6.07 Å². The molecule has 0 aliphatic heterocycles. The van der Waals surface area contributed by atoms with Crippen LogP contribution in [0, 0.1) is 11.7 Å². The van der Waals surface area contributed by atoms with Crippen LogP contribution in [0.4, 0.5) is 4.39 Å². The molecule has 94 valence electrons. The fourth-order valence-electron chi connectivity index (χ4n) is 2.08. The van der Waals surface area contributed by atoms with Crippen LogP contribution in [0.2, 0.25) is 0 Å². The third-order valence-corrected chi connectivity index (χ3v) is 3.40. The molecule has 0 N–H and O–H groups in total. The predicted octanol–water partition coefficient (Wildman–Crippen LogP) is 4.60. The zero-order valence-electron chi connectivity index (χ0n) is 10.7. The summed E-state index contributed by atoms with van der Waals surface area (Å²) in [6.45, 7) is 4.13. The van der Waals surface area contributed by atoms with Crippen LogP contribution in [0.15, 0.2) is 36.4 Å². The molecule has 1 unspecified atom stereocenters. The molecule has 0 amide bonds. The smallest absolute Gasteiger partial charge is 0.163 e. The van der Waals surface area contributed by atoms with Crippen LogP contribution in [0.1, 0.15) is 37.0 Å². The van der Waals surface area contributed by atoms with Crippen LogP contribution in [0.5, 0.6) is 0 Å². The van der Waals surface area contributed by atoms with Crippen molar-refractivity contribution in [3.63, 3.8) is 0 Å². The van der Waals surface area contributed by atoms with Crippen molar-refractivity contribution in [3.05, 3.63) is 47.8 Å². The Morgan fingerprint density at radius 1 is 1.17 bits per heavy atom. The van der Waals surface area contributed by atoms with Gasteiger partial charge in [0, 0.05) is 17.4 Å². The minimum absolute atomic E-state index is 0.0977. The summed E-state index contributed by atoms with van der Waals surface area (Å²) in [5.41, 5.74) is 0.632. The molecule has 2 heteroatoms. The van der Waals surface area contributed by atoms with Crippen molar-refractivity contribution < 1.29 is 9.18 Å². The summed E-state index contributed by atoms with van der Waals surface area (Å²) < 4.78 is 13.6. The average Bonchev–Trinajstić information content (AvgIpc) is 2.39. The standard InChI is InChI=1S/C16H17FO/c1-3-11(2)10-16(18)14-8-9-15(17)13-7-5-4-6-12(13)14/h4-9,11H,3,10H2,1-2H3. The van der Waals surface area contributed by atoms with Gasteiger partial charge in [0.15, 0.2) is 5.78 Å². The van der Waals surface area contributed by atoms with E-state index in [9.17, 15) is 9.18 Å². The van der Waals surface area contributed by atoms with Crippen LogP contribution in [0.25, 0.3) is 10.8 Å². The number of hydrogen-bond acceptors (Lipinski definition) is 1. The number of hydrogen-bond donors (Lipinski definition) is 0. The first-order valence-corrected chi connectivity index (χ1v) is 6.34. The molecule has 2 aromatic rings. The van der Waals surface area contributed by atoms with Crippen molar-refractivity contribution >= 4 is 16.6 Å². The Bertz CT molecular complexity index is 574. The molecule has 0 aliphatic carbocycles. The Kier molecular flexibility index (Phi) is 3.75. The van der Waals surface area contributed by atoms with E-state index in [2.05, 4.69) is 13.8 Å². The number of benzene rings is 2. The van der Waals surface area contributed by atoms with Crippen molar-refractivity contribution in [2.75, 3.05) is 0 Å². The van der Waals surface area contributed by atoms with Gasteiger partial charge in [0.2, 0.25) is 0 Å². The van der Waals surface area contributed by atoms with Gasteiger partial charge in [-0.25, -0.2) is 4.39 Å². The number of ketones is 1. The minimum Gasteiger partial charge on any atom is -0.294 e. The summed E-state index contributed by atoms with van der Waals surface area (Å²) in [6, 6.07) is 10.1. The van der Waals surface area contributed by atoms with Crippen molar-refractivity contribution in [3.8, 4) is 0 Å². The predicted molar refractivity (Wildman–Crippen MR) is 72.3 cm³/mol. The molecule has 0 bridgehead atoms. The maximum atomic E-state index is 13.6. The van der Waals surface area contributed by atoms with Crippen LogP contribution >= 0.6 is 0 Å². The molecule has 18 heavy (non-hydrogen) atoms. The van der Waals surface area contributed by atoms with Gasteiger partial charge >= 0.3 is 0 Å². The van der Waals surface area contributed by atoms with E-state index in [0.717, 1.165) is 6.42 Å². The van der Waals surface area contributed by atoms with Crippen molar-refractivity contribution in [2.45, 2.75) is 26.7 Å². The molecule has 0 aliphatic rings. The van der Waals surface area contributed by atoms with E-state index in [4.69, 9.17) is 0 Å². The number of carbonyl (C=O) groups is 1. The Morgan fingerprint density at radius 2 is 1.83 bits per heavy atom. The highest BCUT2D eigenvalue weighted by atomic mass is 19.1. The molecule has 0 aromatic heterocycles. The summed E-state index contributed by atoms with van der Waals surface area (Å²) in [6.07, 6.45) is 1.50. The van der Waals surface area contributed by atoms with Gasteiger partial charge < -0.3 is 0 Å². The molecule has 0 fully saturated rings. The molecule has 1 atom stereocenters. The van der Waals surface area contributed by atoms with Gasteiger partial charge in [0.25, 0.3) is 0 Å². The molecule has 2 aromatic carbocycles. The lowest BCUT2D eigenvalue weighted by Gasteiger charge is -2.10. The van der Waals surface area contributed by atoms with E-state index >= 15 is 0 Å². The molecular formula is C16H17FO. The van der Waals surface area contributed by atoms with Gasteiger partial charge in [-0.3, -0.25) is 4.79 Å². The molecule has 0 saturated carbocycles. The van der Waals surface area contributed by atoms with Crippen LogP contribution in [-0.4, -0.2) is 5.78 Å². The Labute approximate surface area is 107 Å². The summed E-state index contributed by atoms with van der Waals surface area (Å²) in [5, 5.41) is 1.23. The zero-order chi connectivity index (χ0) is 13.1. The topological polar surface area (TPSA) is 17.1 Å². The lowest BCUT2D eigenvalue weighted by atomic mass is 9.94. The van der Waals surface area contributed by atoms with Crippen LogP contribution < -0.4 is 0 Å². The first kappa shape index (κ1) is 12.7. The molecule has 1 nitrogen and oxygen atoms in total. The highest BCUT2D eigenvalue weighted by molar-refractivity contribution is 6.08. The Balaban J connectivity index is 2.45. The highest BCUT2D eigenvalue weighted by Gasteiger charge is 2.14. The third kappa shape index (κ3) is 2.42. The maximum Gasteiger partial charge on any atom is 0.163 e. The normalized spacial score (nSPS) is 12.6. The summed E-state index contributed by atoms with van der Waals surface area (Å²) in [7, 11) is 0. The average molecular weight is 244 g/mol. The fourth-order valence-corrected chi connectivity index (χ4v) is 2.08. The SMILES string of the molecule is CCC(C)CC(=O)c1ccc(F)c2ccccc12. The van der Waals surface area contributed by atoms with E-state index < -0.39 is 0 Å². The van der Waals surface area contributed by atoms with Crippen LogP contribution in [-0.2, 0) is 0 Å². The number of fused-ring (bicyclic) bond motifs is 1. The minimum atomic E-state index is -0.273. The van der Waals surface area contributed by atoms with Gasteiger partial charge in [-0.05, 0) is 23.4 Å². The van der Waals surface area contributed by atoms with Crippen molar-refractivity contribution in [1.82, 2.24) is 0 Å². The zero-order valence-corrected chi connectivity index (χ0v) is 10.7. The molecular weight excluding hydrogens is 227 g/mol. The first-order chi connectivity index (χ1) is 8.63. The Hall–Kier alpha value is -1.70. The molecule has 2 rings (SSSR count). The quantitative estimate of drug-likeness (QED) is 0.718. The molecule has 0 spiro atoms. The van der Waals surface area contributed by atoms with Crippen molar-refractivity contribution in [2.24, 2.45) is 5.92 Å². The largest absolute Gasteiger partial charge is 0.294 e.